The summed E-state index contributed by atoms with van der Waals surface area (Å²) in [5, 5.41) is 1.63. The van der Waals surface area contributed by atoms with Crippen LogP contribution in [0.1, 0.15) is 39.6 Å². The molecule has 0 atom stereocenters. The number of hydrogen-bond acceptors (Lipinski definition) is 4. The minimum absolute atomic E-state index is 0.0192. The van der Waals surface area contributed by atoms with Gasteiger partial charge in [0.1, 0.15) is 5.82 Å². The van der Waals surface area contributed by atoms with Crippen LogP contribution in [0, 0.1) is 5.82 Å². The van der Waals surface area contributed by atoms with Crippen LogP contribution >= 0.6 is 0 Å². The van der Waals surface area contributed by atoms with Gasteiger partial charge in [0, 0.05) is 48.7 Å². The van der Waals surface area contributed by atoms with Crippen LogP contribution in [0.4, 0.5) is 4.39 Å². The number of hydrogen-bond donors (Lipinski definition) is 1. The molecule has 1 aromatic heterocycles. The number of imide groups is 1. The number of likely N-dealkylation sites (tertiary alicyclic amines) is 1. The Kier molecular flexibility index (Phi) is 4.84. The maximum absolute atomic E-state index is 13.5. The first-order valence-corrected chi connectivity index (χ1v) is 11.5. The molecule has 0 radical (unpaired) electrons. The van der Waals surface area contributed by atoms with E-state index in [9.17, 15) is 18.8 Å². The molecule has 0 saturated carbocycles. The molecule has 6 rings (SSSR count). The lowest BCUT2D eigenvalue weighted by atomic mass is 9.94. The SMILES string of the molecule is O=C1c2cccc3cccc(c23)C(=O)N1CCN1CCC(n2c(=O)[nH]c3cc(F)ccc32)CC1. The molecular weight excluding hydrogens is 435 g/mol. The summed E-state index contributed by atoms with van der Waals surface area (Å²) in [6.45, 7) is 2.39. The van der Waals surface area contributed by atoms with Crippen molar-refractivity contribution in [2.45, 2.75) is 18.9 Å². The Labute approximate surface area is 194 Å². The molecule has 1 saturated heterocycles. The first-order chi connectivity index (χ1) is 16.5. The number of nitrogens with zero attached hydrogens (tertiary/aromatic N) is 3. The zero-order valence-corrected chi connectivity index (χ0v) is 18.5. The maximum atomic E-state index is 13.5. The summed E-state index contributed by atoms with van der Waals surface area (Å²) in [5.74, 6) is -0.875. The number of fused-ring (bicyclic) bond motifs is 1. The van der Waals surface area contributed by atoms with Gasteiger partial charge in [0.05, 0.1) is 11.0 Å². The normalized spacial score (nSPS) is 17.3. The number of halogens is 1. The molecule has 8 heteroatoms. The number of nitrogens with one attached hydrogen (secondary N) is 1. The third kappa shape index (κ3) is 3.25. The Morgan fingerprint density at radius 1 is 0.882 bits per heavy atom. The highest BCUT2D eigenvalue weighted by atomic mass is 19.1. The van der Waals surface area contributed by atoms with Gasteiger partial charge in [-0.2, -0.15) is 0 Å². The molecule has 0 unspecified atom stereocenters. The predicted octanol–water partition coefficient (Wildman–Crippen LogP) is 3.56. The maximum Gasteiger partial charge on any atom is 0.326 e. The topological polar surface area (TPSA) is 78.4 Å². The Hall–Kier alpha value is -3.78. The average molecular weight is 458 g/mol. The lowest BCUT2D eigenvalue weighted by Crippen LogP contribution is -2.46. The molecule has 3 heterocycles. The quantitative estimate of drug-likeness (QED) is 0.475. The molecule has 3 aromatic carbocycles. The van der Waals surface area contributed by atoms with E-state index in [0.29, 0.717) is 35.2 Å². The first kappa shape index (κ1) is 20.8. The fourth-order valence-electron chi connectivity index (χ4n) is 5.39. The average Bonchev–Trinajstić information content (AvgIpc) is 3.17. The number of benzene rings is 3. The smallest absolute Gasteiger partial charge is 0.305 e. The van der Waals surface area contributed by atoms with Crippen LogP contribution in [0.5, 0.6) is 0 Å². The highest BCUT2D eigenvalue weighted by Crippen LogP contribution is 2.30. The van der Waals surface area contributed by atoms with Crippen LogP contribution in [0.15, 0.2) is 59.4 Å². The fraction of sp³-hybridized carbons (Fsp3) is 0.269. The summed E-state index contributed by atoms with van der Waals surface area (Å²) < 4.78 is 15.2. The van der Waals surface area contributed by atoms with E-state index in [1.807, 2.05) is 24.3 Å². The van der Waals surface area contributed by atoms with Crippen LogP contribution in [-0.4, -0.2) is 57.3 Å². The van der Waals surface area contributed by atoms with E-state index < -0.39 is 0 Å². The molecule has 0 aliphatic carbocycles. The largest absolute Gasteiger partial charge is 0.326 e. The van der Waals surface area contributed by atoms with Gasteiger partial charge in [-0.05, 0) is 48.6 Å². The van der Waals surface area contributed by atoms with Crippen molar-refractivity contribution in [1.29, 1.82) is 0 Å². The van der Waals surface area contributed by atoms with Gasteiger partial charge < -0.3 is 9.88 Å². The van der Waals surface area contributed by atoms with Crippen molar-refractivity contribution in [3.05, 3.63) is 82.0 Å². The molecule has 1 fully saturated rings. The van der Waals surface area contributed by atoms with Gasteiger partial charge in [-0.15, -0.1) is 0 Å². The lowest BCUT2D eigenvalue weighted by molar-refractivity contribution is 0.0583. The molecule has 2 amide bonds. The van der Waals surface area contributed by atoms with Crippen LogP contribution in [-0.2, 0) is 0 Å². The zero-order chi connectivity index (χ0) is 23.4. The van der Waals surface area contributed by atoms with E-state index in [2.05, 4.69) is 9.88 Å². The monoisotopic (exact) mass is 458 g/mol. The van der Waals surface area contributed by atoms with Crippen molar-refractivity contribution in [3.8, 4) is 0 Å². The number of carbonyl (C=O) groups excluding carboxylic acids is 2. The number of aromatic nitrogens is 2. The third-order valence-electron chi connectivity index (χ3n) is 7.10. The van der Waals surface area contributed by atoms with Gasteiger partial charge in [-0.1, -0.05) is 24.3 Å². The van der Waals surface area contributed by atoms with Crippen LogP contribution in [0.2, 0.25) is 0 Å². The van der Waals surface area contributed by atoms with Crippen molar-refractivity contribution in [1.82, 2.24) is 19.4 Å². The van der Waals surface area contributed by atoms with Crippen LogP contribution in [0.3, 0.4) is 0 Å². The molecule has 4 aromatic rings. The number of piperidine rings is 1. The van der Waals surface area contributed by atoms with Crippen LogP contribution in [0.25, 0.3) is 21.8 Å². The Balaban J connectivity index is 1.15. The van der Waals surface area contributed by atoms with Gasteiger partial charge in [-0.25, -0.2) is 9.18 Å². The van der Waals surface area contributed by atoms with Crippen molar-refractivity contribution in [2.75, 3.05) is 26.2 Å². The Bertz CT molecular complexity index is 1460. The van der Waals surface area contributed by atoms with E-state index in [1.165, 1.54) is 17.0 Å². The van der Waals surface area contributed by atoms with Crippen molar-refractivity contribution in [3.63, 3.8) is 0 Å². The Morgan fingerprint density at radius 3 is 2.24 bits per heavy atom. The highest BCUT2D eigenvalue weighted by Gasteiger charge is 2.33. The van der Waals surface area contributed by atoms with E-state index in [1.54, 1.807) is 22.8 Å². The molecule has 172 valence electrons. The Morgan fingerprint density at radius 2 is 1.56 bits per heavy atom. The summed E-state index contributed by atoms with van der Waals surface area (Å²) in [7, 11) is 0. The standard InChI is InChI=1S/C26H23FN4O3/c27-17-7-8-22-21(15-17)28-26(34)31(22)18-9-11-29(12-10-18)13-14-30-24(32)19-5-1-3-16-4-2-6-20(23(16)19)25(30)33/h1-8,15,18H,9-14H2,(H,28,34). The van der Waals surface area contributed by atoms with E-state index >= 15 is 0 Å². The molecule has 34 heavy (non-hydrogen) atoms. The molecule has 7 nitrogen and oxygen atoms in total. The third-order valence-corrected chi connectivity index (χ3v) is 7.10. The predicted molar refractivity (Wildman–Crippen MR) is 127 cm³/mol. The molecule has 2 aliphatic heterocycles. The van der Waals surface area contributed by atoms with Gasteiger partial charge in [-0.3, -0.25) is 19.1 Å². The summed E-state index contributed by atoms with van der Waals surface area (Å²) in [4.78, 5) is 45.0. The summed E-state index contributed by atoms with van der Waals surface area (Å²) in [5.41, 5.74) is 2.13. The molecular formula is C26H23FN4O3. The van der Waals surface area contributed by atoms with Crippen molar-refractivity contribution >= 4 is 33.6 Å². The molecule has 1 N–H and O–H groups in total. The van der Waals surface area contributed by atoms with E-state index in [0.717, 1.165) is 36.7 Å². The van der Waals surface area contributed by atoms with Crippen molar-refractivity contribution < 1.29 is 14.0 Å². The summed E-state index contributed by atoms with van der Waals surface area (Å²) in [6.07, 6.45) is 1.52. The van der Waals surface area contributed by atoms with E-state index in [-0.39, 0.29) is 29.4 Å². The zero-order valence-electron chi connectivity index (χ0n) is 18.5. The molecule has 2 aliphatic rings. The van der Waals surface area contributed by atoms with Crippen LogP contribution < -0.4 is 5.69 Å². The second-order valence-electron chi connectivity index (χ2n) is 9.01. The first-order valence-electron chi connectivity index (χ1n) is 11.5. The minimum Gasteiger partial charge on any atom is -0.305 e. The lowest BCUT2D eigenvalue weighted by Gasteiger charge is -2.34. The fourth-order valence-corrected chi connectivity index (χ4v) is 5.39. The van der Waals surface area contributed by atoms with Crippen molar-refractivity contribution in [2.24, 2.45) is 0 Å². The number of imidazole rings is 1. The number of H-pyrrole nitrogens is 1. The summed E-state index contributed by atoms with van der Waals surface area (Å²) in [6, 6.07) is 15.5. The van der Waals surface area contributed by atoms with E-state index in [4.69, 9.17) is 0 Å². The van der Waals surface area contributed by atoms with Gasteiger partial charge in [0.25, 0.3) is 11.8 Å². The molecule has 0 bridgehead atoms. The minimum atomic E-state index is -0.378. The number of rotatable bonds is 4. The van der Waals surface area contributed by atoms with Gasteiger partial charge in [0.15, 0.2) is 0 Å². The highest BCUT2D eigenvalue weighted by molar-refractivity contribution is 6.25. The second kappa shape index (κ2) is 7.92. The summed E-state index contributed by atoms with van der Waals surface area (Å²) >= 11 is 0. The van der Waals surface area contributed by atoms with Gasteiger partial charge in [0.2, 0.25) is 0 Å². The number of carbonyl (C=O) groups is 2. The second-order valence-corrected chi connectivity index (χ2v) is 9.01. The van der Waals surface area contributed by atoms with Gasteiger partial charge >= 0.3 is 5.69 Å². The molecule has 0 spiro atoms. The number of aromatic amines is 1. The number of amides is 2.